The molecule has 2 fully saturated rings. The van der Waals surface area contributed by atoms with E-state index in [-0.39, 0.29) is 18.3 Å². The fourth-order valence-corrected chi connectivity index (χ4v) is 3.48. The normalized spacial score (nSPS) is 29.9. The van der Waals surface area contributed by atoms with Crippen LogP contribution >= 0.6 is 0 Å². The molecular weight excluding hydrogens is 262 g/mol. The summed E-state index contributed by atoms with van der Waals surface area (Å²) in [6, 6.07) is -1.56. The molecule has 4 atom stereocenters. The topological polar surface area (TPSA) is 113 Å². The summed E-state index contributed by atoms with van der Waals surface area (Å²) >= 11 is 0. The predicted octanol–water partition coefficient (Wildman–Crippen LogP) is 0.145. The van der Waals surface area contributed by atoms with Crippen molar-refractivity contribution < 1.29 is 19.5 Å². The van der Waals surface area contributed by atoms with Gasteiger partial charge in [0.1, 0.15) is 6.04 Å². The summed E-state index contributed by atoms with van der Waals surface area (Å²) in [5.74, 6) is -1.10. The smallest absolute Gasteiger partial charge is 0.326 e. The molecule has 112 valence electrons. The van der Waals surface area contributed by atoms with Crippen LogP contribution in [0.2, 0.25) is 0 Å². The van der Waals surface area contributed by atoms with E-state index in [1.54, 1.807) is 6.92 Å². The number of carbonyl (C=O) groups excluding carboxylic acids is 2. The van der Waals surface area contributed by atoms with Gasteiger partial charge in [-0.05, 0) is 31.6 Å². The van der Waals surface area contributed by atoms with Gasteiger partial charge in [-0.15, -0.1) is 0 Å². The van der Waals surface area contributed by atoms with E-state index >= 15 is 0 Å². The number of carboxylic acid groups (broad SMARTS) is 1. The molecule has 1 saturated carbocycles. The zero-order valence-electron chi connectivity index (χ0n) is 11.5. The first-order valence-corrected chi connectivity index (χ1v) is 6.98. The molecule has 1 saturated heterocycles. The van der Waals surface area contributed by atoms with Gasteiger partial charge >= 0.3 is 12.0 Å². The van der Waals surface area contributed by atoms with Crippen LogP contribution in [0.5, 0.6) is 0 Å². The molecule has 2 rings (SSSR count). The molecule has 0 aromatic carbocycles. The molecule has 0 spiro atoms. The van der Waals surface area contributed by atoms with Crippen LogP contribution in [0.3, 0.4) is 0 Å². The fourth-order valence-electron chi connectivity index (χ4n) is 3.48. The second kappa shape index (κ2) is 5.68. The summed E-state index contributed by atoms with van der Waals surface area (Å²) in [6.07, 6.45) is 2.92. The van der Waals surface area contributed by atoms with Crippen LogP contribution in [0, 0.1) is 11.8 Å². The molecule has 0 aromatic heterocycles. The minimum absolute atomic E-state index is 0.0458. The van der Waals surface area contributed by atoms with Crippen LogP contribution in [0.4, 0.5) is 4.79 Å². The Bertz CT molecular complexity index is 426. The summed E-state index contributed by atoms with van der Waals surface area (Å²) in [7, 11) is 0. The van der Waals surface area contributed by atoms with E-state index in [2.05, 4.69) is 5.32 Å². The van der Waals surface area contributed by atoms with E-state index in [1.165, 1.54) is 4.90 Å². The van der Waals surface area contributed by atoms with Crippen LogP contribution in [-0.4, -0.2) is 46.5 Å². The monoisotopic (exact) mass is 283 g/mol. The number of amides is 3. The molecule has 4 unspecified atom stereocenters. The van der Waals surface area contributed by atoms with Crippen LogP contribution in [-0.2, 0) is 9.59 Å². The molecule has 1 aliphatic heterocycles. The summed E-state index contributed by atoms with van der Waals surface area (Å²) in [6.45, 7) is 2.16. The van der Waals surface area contributed by atoms with E-state index in [0.717, 1.165) is 19.3 Å². The maximum absolute atomic E-state index is 12.2. The number of nitrogens with zero attached hydrogens (tertiary/aromatic N) is 1. The van der Waals surface area contributed by atoms with Gasteiger partial charge in [0.25, 0.3) is 0 Å². The van der Waals surface area contributed by atoms with Gasteiger partial charge in [-0.3, -0.25) is 4.79 Å². The standard InChI is InChI=1S/C13H21N3O4/c1-7(5-10(14)17)15-13(20)16-6-8-3-2-4-9(8)11(16)12(18)19/h7-9,11H,2-6H2,1H3,(H2,14,17)(H,15,20)(H,18,19). The first-order chi connectivity index (χ1) is 9.40. The number of likely N-dealkylation sites (tertiary alicyclic amines) is 1. The highest BCUT2D eigenvalue weighted by Gasteiger charge is 2.49. The summed E-state index contributed by atoms with van der Waals surface area (Å²) in [5, 5.41) is 12.0. The Morgan fingerprint density at radius 1 is 1.40 bits per heavy atom. The molecule has 1 heterocycles. The summed E-state index contributed by atoms with van der Waals surface area (Å²) in [4.78, 5) is 35.8. The third-order valence-corrected chi connectivity index (χ3v) is 4.28. The van der Waals surface area contributed by atoms with Crippen molar-refractivity contribution >= 4 is 17.9 Å². The Hall–Kier alpha value is -1.79. The Balaban J connectivity index is 2.01. The maximum atomic E-state index is 12.2. The quantitative estimate of drug-likeness (QED) is 0.681. The van der Waals surface area contributed by atoms with E-state index in [0.29, 0.717) is 6.54 Å². The van der Waals surface area contributed by atoms with Crippen LogP contribution in [0.1, 0.15) is 32.6 Å². The Labute approximate surface area is 117 Å². The molecule has 0 bridgehead atoms. The molecular formula is C13H21N3O4. The number of carboxylic acids is 1. The van der Waals surface area contributed by atoms with Crippen molar-refractivity contribution in [3.05, 3.63) is 0 Å². The predicted molar refractivity (Wildman–Crippen MR) is 70.8 cm³/mol. The molecule has 2 aliphatic rings. The molecule has 4 N–H and O–H groups in total. The van der Waals surface area contributed by atoms with Crippen LogP contribution < -0.4 is 11.1 Å². The molecule has 0 radical (unpaired) electrons. The van der Waals surface area contributed by atoms with Crippen molar-refractivity contribution in [1.29, 1.82) is 0 Å². The number of aliphatic carboxylic acids is 1. The van der Waals surface area contributed by atoms with Crippen molar-refractivity contribution in [2.24, 2.45) is 17.6 Å². The highest BCUT2D eigenvalue weighted by atomic mass is 16.4. The van der Waals surface area contributed by atoms with Gasteiger partial charge in [-0.1, -0.05) is 6.42 Å². The molecule has 7 heteroatoms. The van der Waals surface area contributed by atoms with Gasteiger partial charge in [-0.2, -0.15) is 0 Å². The van der Waals surface area contributed by atoms with Crippen molar-refractivity contribution in [1.82, 2.24) is 10.2 Å². The number of carbonyl (C=O) groups is 3. The number of nitrogens with two attached hydrogens (primary N) is 1. The van der Waals surface area contributed by atoms with Crippen molar-refractivity contribution in [3.8, 4) is 0 Å². The largest absolute Gasteiger partial charge is 0.480 e. The molecule has 3 amide bonds. The number of hydrogen-bond acceptors (Lipinski definition) is 3. The van der Waals surface area contributed by atoms with Crippen LogP contribution in [0.15, 0.2) is 0 Å². The van der Waals surface area contributed by atoms with Gasteiger partial charge in [0.2, 0.25) is 5.91 Å². The third kappa shape index (κ3) is 2.86. The van der Waals surface area contributed by atoms with Gasteiger partial charge in [-0.25, -0.2) is 9.59 Å². The lowest BCUT2D eigenvalue weighted by atomic mass is 9.94. The zero-order chi connectivity index (χ0) is 14.9. The first-order valence-electron chi connectivity index (χ1n) is 6.98. The summed E-state index contributed by atoms with van der Waals surface area (Å²) in [5.41, 5.74) is 5.07. The van der Waals surface area contributed by atoms with Gasteiger partial charge in [0.15, 0.2) is 0 Å². The van der Waals surface area contributed by atoms with E-state index in [9.17, 15) is 19.5 Å². The highest BCUT2D eigenvalue weighted by Crippen LogP contribution is 2.42. The Morgan fingerprint density at radius 3 is 2.70 bits per heavy atom. The number of rotatable bonds is 4. The number of hydrogen-bond donors (Lipinski definition) is 3. The second-order valence-corrected chi connectivity index (χ2v) is 5.81. The summed E-state index contributed by atoms with van der Waals surface area (Å²) < 4.78 is 0. The zero-order valence-corrected chi connectivity index (χ0v) is 11.5. The van der Waals surface area contributed by atoms with Crippen LogP contribution in [0.25, 0.3) is 0 Å². The SMILES string of the molecule is CC(CC(N)=O)NC(=O)N1CC2CCCC2C1C(=O)O. The van der Waals surface area contributed by atoms with E-state index in [1.807, 2.05) is 0 Å². The average molecular weight is 283 g/mol. The molecule has 1 aliphatic carbocycles. The maximum Gasteiger partial charge on any atom is 0.326 e. The van der Waals surface area contributed by atoms with Crippen molar-refractivity contribution in [2.75, 3.05) is 6.54 Å². The number of urea groups is 1. The Morgan fingerprint density at radius 2 is 2.10 bits per heavy atom. The van der Waals surface area contributed by atoms with Gasteiger partial charge in [0.05, 0.1) is 0 Å². The fraction of sp³-hybridized carbons (Fsp3) is 0.769. The van der Waals surface area contributed by atoms with E-state index < -0.39 is 30.0 Å². The first kappa shape index (κ1) is 14.6. The lowest BCUT2D eigenvalue weighted by molar-refractivity contribution is -0.142. The van der Waals surface area contributed by atoms with Gasteiger partial charge < -0.3 is 21.1 Å². The number of fused-ring (bicyclic) bond motifs is 1. The minimum Gasteiger partial charge on any atom is -0.480 e. The van der Waals surface area contributed by atoms with E-state index in [4.69, 9.17) is 5.73 Å². The second-order valence-electron chi connectivity index (χ2n) is 5.81. The van der Waals surface area contributed by atoms with Crippen molar-refractivity contribution in [2.45, 2.75) is 44.7 Å². The minimum atomic E-state index is -0.947. The molecule has 7 nitrogen and oxygen atoms in total. The lowest BCUT2D eigenvalue weighted by Gasteiger charge is -2.26. The number of nitrogens with one attached hydrogen (secondary N) is 1. The lowest BCUT2D eigenvalue weighted by Crippen LogP contribution is -2.50. The third-order valence-electron chi connectivity index (χ3n) is 4.28. The number of primary amides is 1. The molecule has 0 aromatic rings. The van der Waals surface area contributed by atoms with Gasteiger partial charge in [0, 0.05) is 19.0 Å². The highest BCUT2D eigenvalue weighted by molar-refractivity contribution is 5.84. The Kier molecular flexibility index (Phi) is 4.15. The van der Waals surface area contributed by atoms with Crippen molar-refractivity contribution in [3.63, 3.8) is 0 Å². The average Bonchev–Trinajstić information content (AvgIpc) is 2.84. The molecule has 20 heavy (non-hydrogen) atoms.